The molecule has 14 heavy (non-hydrogen) atoms. The number of hydrogen-bond acceptors (Lipinski definition) is 3. The van der Waals surface area contributed by atoms with Crippen LogP contribution >= 0.6 is 0 Å². The molecule has 0 bridgehead atoms. The molecule has 0 N–H and O–H groups in total. The van der Waals surface area contributed by atoms with Crippen molar-refractivity contribution in [2.45, 2.75) is 39.7 Å². The third kappa shape index (κ3) is 3.29. The van der Waals surface area contributed by atoms with Gasteiger partial charge in [0, 0.05) is 6.04 Å². The Balaban J connectivity index is 2.23. The highest BCUT2D eigenvalue weighted by Crippen LogP contribution is 2.14. The van der Waals surface area contributed by atoms with Gasteiger partial charge in [-0.05, 0) is 39.3 Å². The minimum atomic E-state index is 0.483. The fourth-order valence-corrected chi connectivity index (χ4v) is 1.52. The zero-order valence-corrected chi connectivity index (χ0v) is 9.79. The van der Waals surface area contributed by atoms with Crippen molar-refractivity contribution >= 4 is 5.71 Å². The van der Waals surface area contributed by atoms with E-state index in [1.807, 2.05) is 6.92 Å². The molecule has 0 aromatic carbocycles. The van der Waals surface area contributed by atoms with E-state index in [2.05, 4.69) is 31.0 Å². The minimum absolute atomic E-state index is 0.483. The summed E-state index contributed by atoms with van der Waals surface area (Å²) in [6, 6.07) is 0.568. The fourth-order valence-electron chi connectivity index (χ4n) is 1.52. The average molecular weight is 198 g/mol. The van der Waals surface area contributed by atoms with Crippen molar-refractivity contribution in [2.24, 2.45) is 11.1 Å². The van der Waals surface area contributed by atoms with Gasteiger partial charge in [0.15, 0.2) is 0 Å². The molecular formula is C11H22N2O. The summed E-state index contributed by atoms with van der Waals surface area (Å²) in [6.07, 6.45) is 2.53. The third-order valence-corrected chi connectivity index (χ3v) is 2.98. The molecule has 0 spiro atoms. The summed E-state index contributed by atoms with van der Waals surface area (Å²) in [6.45, 7) is 8.21. The lowest BCUT2D eigenvalue weighted by Gasteiger charge is -2.17. The van der Waals surface area contributed by atoms with Crippen LogP contribution in [0.1, 0.15) is 33.6 Å². The van der Waals surface area contributed by atoms with Crippen LogP contribution in [0.25, 0.3) is 0 Å². The van der Waals surface area contributed by atoms with Crippen molar-refractivity contribution in [3.8, 4) is 0 Å². The standard InChI is InChI=1S/C11H22N2O/c1-9(2)10(3)12-14-8-11-6-5-7-13(11)4/h9,11H,5-8H2,1-4H3/b12-10+/t11-/m0/s1. The number of nitrogens with zero attached hydrogens (tertiary/aromatic N) is 2. The lowest BCUT2D eigenvalue weighted by atomic mass is 10.1. The third-order valence-electron chi connectivity index (χ3n) is 2.98. The first-order valence-electron chi connectivity index (χ1n) is 5.48. The maximum absolute atomic E-state index is 5.36. The van der Waals surface area contributed by atoms with E-state index >= 15 is 0 Å². The molecule has 1 aliphatic heterocycles. The highest BCUT2D eigenvalue weighted by molar-refractivity contribution is 5.83. The van der Waals surface area contributed by atoms with Crippen LogP contribution in [-0.2, 0) is 4.84 Å². The maximum atomic E-state index is 5.36. The predicted molar refractivity (Wildman–Crippen MR) is 59.6 cm³/mol. The Kier molecular flexibility index (Phi) is 4.39. The number of oxime groups is 1. The molecule has 0 aromatic heterocycles. The van der Waals surface area contributed by atoms with Gasteiger partial charge in [-0.1, -0.05) is 19.0 Å². The molecule has 0 radical (unpaired) electrons. The summed E-state index contributed by atoms with van der Waals surface area (Å²) < 4.78 is 0. The van der Waals surface area contributed by atoms with Gasteiger partial charge in [0.25, 0.3) is 0 Å². The van der Waals surface area contributed by atoms with Crippen LogP contribution in [0.5, 0.6) is 0 Å². The molecule has 1 aliphatic rings. The minimum Gasteiger partial charge on any atom is -0.394 e. The largest absolute Gasteiger partial charge is 0.394 e. The molecular weight excluding hydrogens is 176 g/mol. The van der Waals surface area contributed by atoms with E-state index in [9.17, 15) is 0 Å². The Bertz CT molecular complexity index is 201. The first-order valence-corrected chi connectivity index (χ1v) is 5.48. The molecule has 3 nitrogen and oxygen atoms in total. The molecule has 1 rings (SSSR count). The van der Waals surface area contributed by atoms with E-state index < -0.39 is 0 Å². The van der Waals surface area contributed by atoms with E-state index in [-0.39, 0.29) is 0 Å². The number of hydrogen-bond donors (Lipinski definition) is 0. The predicted octanol–water partition coefficient (Wildman–Crippen LogP) is 2.13. The van der Waals surface area contributed by atoms with Crippen LogP contribution < -0.4 is 0 Å². The van der Waals surface area contributed by atoms with Gasteiger partial charge >= 0.3 is 0 Å². The molecule has 0 unspecified atom stereocenters. The zero-order chi connectivity index (χ0) is 10.6. The molecule has 1 heterocycles. The van der Waals surface area contributed by atoms with Gasteiger partial charge in [0.2, 0.25) is 0 Å². The summed E-state index contributed by atoms with van der Waals surface area (Å²) in [7, 11) is 2.15. The van der Waals surface area contributed by atoms with Crippen molar-refractivity contribution in [2.75, 3.05) is 20.2 Å². The SMILES string of the molecule is C/C(=N\OC[C@@H]1CCCN1C)C(C)C. The van der Waals surface area contributed by atoms with Gasteiger partial charge in [-0.15, -0.1) is 0 Å². The van der Waals surface area contributed by atoms with Gasteiger partial charge < -0.3 is 4.84 Å². The van der Waals surface area contributed by atoms with E-state index in [0.29, 0.717) is 12.0 Å². The number of likely N-dealkylation sites (N-methyl/N-ethyl adjacent to an activating group) is 1. The molecule has 0 amide bonds. The molecule has 82 valence electrons. The highest BCUT2D eigenvalue weighted by atomic mass is 16.6. The van der Waals surface area contributed by atoms with Crippen LogP contribution in [-0.4, -0.2) is 36.9 Å². The monoisotopic (exact) mass is 198 g/mol. The summed E-state index contributed by atoms with van der Waals surface area (Å²) in [5.74, 6) is 0.483. The van der Waals surface area contributed by atoms with Gasteiger partial charge in [-0.3, -0.25) is 4.90 Å². The van der Waals surface area contributed by atoms with E-state index in [1.54, 1.807) is 0 Å². The van der Waals surface area contributed by atoms with Crippen LogP contribution in [0.15, 0.2) is 5.16 Å². The van der Waals surface area contributed by atoms with Crippen molar-refractivity contribution < 1.29 is 4.84 Å². The van der Waals surface area contributed by atoms with Crippen LogP contribution in [0.4, 0.5) is 0 Å². The Morgan fingerprint density at radius 3 is 2.79 bits per heavy atom. The summed E-state index contributed by atoms with van der Waals surface area (Å²) >= 11 is 0. The van der Waals surface area contributed by atoms with Gasteiger partial charge in [0.1, 0.15) is 6.61 Å². The lowest BCUT2D eigenvalue weighted by Crippen LogP contribution is -2.28. The second kappa shape index (κ2) is 5.35. The topological polar surface area (TPSA) is 24.8 Å². The number of rotatable bonds is 4. The van der Waals surface area contributed by atoms with E-state index in [4.69, 9.17) is 4.84 Å². The van der Waals surface area contributed by atoms with Crippen LogP contribution in [0.2, 0.25) is 0 Å². The summed E-state index contributed by atoms with van der Waals surface area (Å²) in [4.78, 5) is 7.70. The van der Waals surface area contributed by atoms with Gasteiger partial charge in [-0.2, -0.15) is 0 Å². The van der Waals surface area contributed by atoms with Crippen LogP contribution in [0, 0.1) is 5.92 Å². The average Bonchev–Trinajstić information content (AvgIpc) is 2.51. The second-order valence-corrected chi connectivity index (χ2v) is 4.46. The molecule has 1 atom stereocenters. The maximum Gasteiger partial charge on any atom is 0.132 e. The Morgan fingerprint density at radius 1 is 1.57 bits per heavy atom. The van der Waals surface area contributed by atoms with E-state index in [1.165, 1.54) is 19.4 Å². The van der Waals surface area contributed by atoms with Crippen molar-refractivity contribution in [1.29, 1.82) is 0 Å². The van der Waals surface area contributed by atoms with Crippen LogP contribution in [0.3, 0.4) is 0 Å². The molecule has 1 saturated heterocycles. The molecule has 0 saturated carbocycles. The number of likely N-dealkylation sites (tertiary alicyclic amines) is 1. The van der Waals surface area contributed by atoms with Crippen molar-refractivity contribution in [3.63, 3.8) is 0 Å². The molecule has 1 fully saturated rings. The lowest BCUT2D eigenvalue weighted by molar-refractivity contribution is 0.0909. The first kappa shape index (κ1) is 11.5. The van der Waals surface area contributed by atoms with Gasteiger partial charge in [0.05, 0.1) is 5.71 Å². The first-order chi connectivity index (χ1) is 6.61. The summed E-state index contributed by atoms with van der Waals surface area (Å²) in [5.41, 5.74) is 1.07. The Morgan fingerprint density at radius 2 is 2.29 bits per heavy atom. The smallest absolute Gasteiger partial charge is 0.132 e. The zero-order valence-electron chi connectivity index (χ0n) is 9.79. The molecule has 3 heteroatoms. The highest BCUT2D eigenvalue weighted by Gasteiger charge is 2.21. The second-order valence-electron chi connectivity index (χ2n) is 4.46. The Labute approximate surface area is 87.1 Å². The quantitative estimate of drug-likeness (QED) is 0.510. The normalized spacial score (nSPS) is 24.6. The Hall–Kier alpha value is -0.570. The van der Waals surface area contributed by atoms with Crippen molar-refractivity contribution in [3.05, 3.63) is 0 Å². The van der Waals surface area contributed by atoms with E-state index in [0.717, 1.165) is 12.3 Å². The fraction of sp³-hybridized carbons (Fsp3) is 0.909. The molecule has 0 aromatic rings. The molecule has 0 aliphatic carbocycles. The van der Waals surface area contributed by atoms with Gasteiger partial charge in [-0.25, -0.2) is 0 Å². The van der Waals surface area contributed by atoms with Crippen molar-refractivity contribution in [1.82, 2.24) is 4.90 Å². The summed E-state index contributed by atoms with van der Waals surface area (Å²) in [5, 5.41) is 4.11.